The SMILES string of the molecule is CC(C)N(CC1CCNCC1)CC1CC(F)(F)C(=O)O1. The largest absolute Gasteiger partial charge is 0.456 e. The van der Waals surface area contributed by atoms with E-state index in [-0.39, 0.29) is 6.04 Å². The van der Waals surface area contributed by atoms with E-state index in [1.807, 2.05) is 0 Å². The van der Waals surface area contributed by atoms with Crippen molar-refractivity contribution in [1.82, 2.24) is 10.2 Å². The first-order valence-corrected chi connectivity index (χ1v) is 7.42. The highest BCUT2D eigenvalue weighted by atomic mass is 19.3. The summed E-state index contributed by atoms with van der Waals surface area (Å²) < 4.78 is 31.2. The van der Waals surface area contributed by atoms with Crippen molar-refractivity contribution in [1.29, 1.82) is 0 Å². The lowest BCUT2D eigenvalue weighted by molar-refractivity contribution is -0.159. The van der Waals surface area contributed by atoms with Crippen LogP contribution in [-0.4, -0.2) is 55.1 Å². The molecule has 0 bridgehead atoms. The zero-order chi connectivity index (χ0) is 14.8. The molecule has 0 saturated carbocycles. The van der Waals surface area contributed by atoms with Crippen LogP contribution in [0.4, 0.5) is 8.78 Å². The molecule has 2 heterocycles. The summed E-state index contributed by atoms with van der Waals surface area (Å²) in [6.07, 6.45) is 1.07. The van der Waals surface area contributed by atoms with Gasteiger partial charge in [0.15, 0.2) is 0 Å². The van der Waals surface area contributed by atoms with E-state index < -0.39 is 24.4 Å². The minimum Gasteiger partial charge on any atom is -0.456 e. The zero-order valence-electron chi connectivity index (χ0n) is 12.2. The number of hydrogen-bond donors (Lipinski definition) is 1. The van der Waals surface area contributed by atoms with Gasteiger partial charge in [-0.05, 0) is 45.7 Å². The number of nitrogens with zero attached hydrogens (tertiary/aromatic N) is 1. The number of hydrogen-bond acceptors (Lipinski definition) is 4. The maximum absolute atomic E-state index is 13.2. The van der Waals surface area contributed by atoms with Gasteiger partial charge in [0.1, 0.15) is 6.10 Å². The fraction of sp³-hybridized carbons (Fsp3) is 0.929. The molecule has 2 fully saturated rings. The van der Waals surface area contributed by atoms with E-state index in [2.05, 4.69) is 24.1 Å². The van der Waals surface area contributed by atoms with Gasteiger partial charge in [-0.15, -0.1) is 0 Å². The molecule has 6 heteroatoms. The highest BCUT2D eigenvalue weighted by Crippen LogP contribution is 2.31. The second kappa shape index (κ2) is 6.35. The number of piperidine rings is 1. The molecule has 1 atom stereocenters. The van der Waals surface area contributed by atoms with Gasteiger partial charge in [0.2, 0.25) is 0 Å². The van der Waals surface area contributed by atoms with E-state index in [0.717, 1.165) is 32.5 Å². The Balaban J connectivity index is 1.88. The standard InChI is InChI=1S/C14H24F2N2O2/c1-10(2)18(8-11-3-5-17-6-4-11)9-12-7-14(15,16)13(19)20-12/h10-12,17H,3-9H2,1-2H3. The highest BCUT2D eigenvalue weighted by Gasteiger charge is 2.51. The summed E-state index contributed by atoms with van der Waals surface area (Å²) in [5.41, 5.74) is 0. The smallest absolute Gasteiger partial charge is 0.377 e. The maximum Gasteiger partial charge on any atom is 0.377 e. The second-order valence-corrected chi connectivity index (χ2v) is 6.18. The molecule has 0 radical (unpaired) electrons. The summed E-state index contributed by atoms with van der Waals surface area (Å²) in [6, 6.07) is 0.262. The van der Waals surface area contributed by atoms with Gasteiger partial charge in [-0.25, -0.2) is 4.79 Å². The van der Waals surface area contributed by atoms with Gasteiger partial charge >= 0.3 is 11.9 Å². The molecule has 2 rings (SSSR count). The van der Waals surface area contributed by atoms with Crippen LogP contribution in [0.25, 0.3) is 0 Å². The lowest BCUT2D eigenvalue weighted by atomic mass is 9.96. The van der Waals surface area contributed by atoms with Crippen molar-refractivity contribution in [2.75, 3.05) is 26.2 Å². The zero-order valence-corrected chi connectivity index (χ0v) is 12.2. The van der Waals surface area contributed by atoms with Gasteiger partial charge in [-0.2, -0.15) is 8.78 Å². The fourth-order valence-corrected chi connectivity index (χ4v) is 2.90. The molecule has 0 aromatic carbocycles. The molecule has 0 aromatic rings. The quantitative estimate of drug-likeness (QED) is 0.782. The summed E-state index contributed by atoms with van der Waals surface area (Å²) in [6.45, 7) is 7.44. The van der Waals surface area contributed by atoms with Crippen molar-refractivity contribution in [3.05, 3.63) is 0 Å². The Morgan fingerprint density at radius 2 is 2.00 bits per heavy atom. The maximum atomic E-state index is 13.2. The summed E-state index contributed by atoms with van der Waals surface area (Å²) in [7, 11) is 0. The van der Waals surface area contributed by atoms with Crippen LogP contribution in [-0.2, 0) is 9.53 Å². The molecule has 2 saturated heterocycles. The predicted octanol–water partition coefficient (Wildman–Crippen LogP) is 1.65. The molecule has 2 aliphatic heterocycles. The summed E-state index contributed by atoms with van der Waals surface area (Å²) in [5.74, 6) is -4.08. The first kappa shape index (κ1) is 15.6. The van der Waals surface area contributed by atoms with Crippen LogP contribution in [0, 0.1) is 5.92 Å². The molecule has 0 amide bonds. The third kappa shape index (κ3) is 3.88. The highest BCUT2D eigenvalue weighted by molar-refractivity contribution is 5.79. The van der Waals surface area contributed by atoms with Crippen LogP contribution < -0.4 is 5.32 Å². The third-order valence-corrected chi connectivity index (χ3v) is 4.18. The molecule has 1 N–H and O–H groups in total. The number of carbonyl (C=O) groups is 1. The number of rotatable bonds is 5. The van der Waals surface area contributed by atoms with Crippen molar-refractivity contribution < 1.29 is 18.3 Å². The molecular weight excluding hydrogens is 266 g/mol. The van der Waals surface area contributed by atoms with Crippen LogP contribution in [0.15, 0.2) is 0 Å². The predicted molar refractivity (Wildman–Crippen MR) is 71.7 cm³/mol. The number of alkyl halides is 2. The van der Waals surface area contributed by atoms with E-state index in [9.17, 15) is 13.6 Å². The number of carbonyl (C=O) groups excluding carboxylic acids is 1. The van der Waals surface area contributed by atoms with E-state index in [0.29, 0.717) is 12.5 Å². The Morgan fingerprint density at radius 3 is 2.50 bits per heavy atom. The molecule has 4 nitrogen and oxygen atoms in total. The van der Waals surface area contributed by atoms with E-state index in [1.54, 1.807) is 0 Å². The molecule has 0 aromatic heterocycles. The summed E-state index contributed by atoms with van der Waals surface area (Å²) >= 11 is 0. The topological polar surface area (TPSA) is 41.6 Å². The number of ether oxygens (including phenoxy) is 1. The summed E-state index contributed by atoms with van der Waals surface area (Å²) in [5, 5.41) is 3.32. The minimum atomic E-state index is -3.30. The Morgan fingerprint density at radius 1 is 1.35 bits per heavy atom. The fourth-order valence-electron chi connectivity index (χ4n) is 2.90. The summed E-state index contributed by atoms with van der Waals surface area (Å²) in [4.78, 5) is 13.2. The molecule has 116 valence electrons. The van der Waals surface area contributed by atoms with Crippen LogP contribution >= 0.6 is 0 Å². The lowest BCUT2D eigenvalue weighted by Crippen LogP contribution is -2.43. The monoisotopic (exact) mass is 290 g/mol. The molecule has 2 aliphatic rings. The van der Waals surface area contributed by atoms with Gasteiger partial charge in [0, 0.05) is 19.1 Å². The van der Waals surface area contributed by atoms with Gasteiger partial charge in [-0.1, -0.05) is 0 Å². The number of cyclic esters (lactones) is 1. The van der Waals surface area contributed by atoms with Gasteiger partial charge < -0.3 is 10.1 Å². The second-order valence-electron chi connectivity index (χ2n) is 6.18. The van der Waals surface area contributed by atoms with Crippen LogP contribution in [0.1, 0.15) is 33.1 Å². The van der Waals surface area contributed by atoms with Crippen molar-refractivity contribution in [2.24, 2.45) is 5.92 Å². The first-order chi connectivity index (χ1) is 9.38. The van der Waals surface area contributed by atoms with Crippen LogP contribution in [0.2, 0.25) is 0 Å². The van der Waals surface area contributed by atoms with Gasteiger partial charge in [-0.3, -0.25) is 4.90 Å². The van der Waals surface area contributed by atoms with Crippen LogP contribution in [0.5, 0.6) is 0 Å². The van der Waals surface area contributed by atoms with Crippen molar-refractivity contribution in [3.63, 3.8) is 0 Å². The average Bonchev–Trinajstić information content (AvgIpc) is 2.63. The molecular formula is C14H24F2N2O2. The normalized spacial score (nSPS) is 27.3. The number of esters is 1. The molecule has 20 heavy (non-hydrogen) atoms. The van der Waals surface area contributed by atoms with Crippen molar-refractivity contribution in [3.8, 4) is 0 Å². The van der Waals surface area contributed by atoms with Gasteiger partial charge in [0.25, 0.3) is 0 Å². The molecule has 0 spiro atoms. The Labute approximate surface area is 118 Å². The molecule has 1 unspecified atom stereocenters. The van der Waals surface area contributed by atoms with Crippen LogP contribution in [0.3, 0.4) is 0 Å². The molecule has 0 aliphatic carbocycles. The Bertz CT molecular complexity index is 344. The number of halogens is 2. The average molecular weight is 290 g/mol. The van der Waals surface area contributed by atoms with E-state index in [4.69, 9.17) is 4.74 Å². The van der Waals surface area contributed by atoms with Crippen molar-refractivity contribution in [2.45, 2.75) is 51.2 Å². The minimum absolute atomic E-state index is 0.262. The third-order valence-electron chi connectivity index (χ3n) is 4.18. The Kier molecular flexibility index (Phi) is 4.96. The van der Waals surface area contributed by atoms with E-state index >= 15 is 0 Å². The lowest BCUT2D eigenvalue weighted by Gasteiger charge is -2.33. The Hall–Kier alpha value is -0.750. The first-order valence-electron chi connectivity index (χ1n) is 7.42. The number of nitrogens with one attached hydrogen (secondary N) is 1. The van der Waals surface area contributed by atoms with E-state index in [1.165, 1.54) is 0 Å². The van der Waals surface area contributed by atoms with Gasteiger partial charge in [0.05, 0.1) is 6.42 Å². The van der Waals surface area contributed by atoms with Crippen molar-refractivity contribution >= 4 is 5.97 Å².